The molecular weight excluding hydrogens is 140 g/mol. The van der Waals surface area contributed by atoms with Gasteiger partial charge in [-0.05, 0) is 19.4 Å². The minimum absolute atomic E-state index is 0.0338. The summed E-state index contributed by atoms with van der Waals surface area (Å²) in [6.45, 7) is 1.19. The van der Waals surface area contributed by atoms with Gasteiger partial charge >= 0.3 is 0 Å². The van der Waals surface area contributed by atoms with Crippen LogP contribution in [0.3, 0.4) is 0 Å². The molecule has 11 heavy (non-hydrogen) atoms. The number of rotatable bonds is 6. The van der Waals surface area contributed by atoms with E-state index in [1.807, 2.05) is 0 Å². The Labute approximate surface area is 68.3 Å². The summed E-state index contributed by atoms with van der Waals surface area (Å²) in [5.74, 6) is 0. The van der Waals surface area contributed by atoms with Crippen molar-refractivity contribution >= 4 is 0 Å². The normalized spacial score (nSPS) is 16.4. The summed E-state index contributed by atoms with van der Waals surface area (Å²) in [5.41, 5.74) is 22.0. The largest absolute Gasteiger partial charge is 0.330 e. The molecule has 0 aromatic heterocycles. The van der Waals surface area contributed by atoms with Crippen LogP contribution < -0.4 is 22.9 Å². The van der Waals surface area contributed by atoms with Gasteiger partial charge in [-0.25, -0.2) is 0 Å². The van der Waals surface area contributed by atoms with E-state index < -0.39 is 0 Å². The maximum Gasteiger partial charge on any atom is 0.0317 e. The summed E-state index contributed by atoms with van der Waals surface area (Å²) < 4.78 is 0. The van der Waals surface area contributed by atoms with E-state index in [1.54, 1.807) is 0 Å². The Hall–Kier alpha value is -0.160. The minimum Gasteiger partial charge on any atom is -0.330 e. The monoisotopic (exact) mass is 160 g/mol. The fraction of sp³-hybridized carbons (Fsp3) is 1.00. The fourth-order valence-corrected chi connectivity index (χ4v) is 0.913. The Morgan fingerprint density at radius 1 is 0.909 bits per heavy atom. The molecule has 4 heteroatoms. The van der Waals surface area contributed by atoms with Crippen molar-refractivity contribution in [1.82, 2.24) is 0 Å². The van der Waals surface area contributed by atoms with Crippen molar-refractivity contribution in [2.75, 3.05) is 13.1 Å². The van der Waals surface area contributed by atoms with Crippen molar-refractivity contribution in [3.63, 3.8) is 0 Å². The molecular formula is C7H20N4. The van der Waals surface area contributed by atoms with Crippen LogP contribution in [0.4, 0.5) is 0 Å². The highest BCUT2D eigenvalue weighted by molar-refractivity contribution is 4.76. The number of hydrogen-bond acceptors (Lipinski definition) is 4. The van der Waals surface area contributed by atoms with E-state index in [0.29, 0.717) is 6.54 Å². The lowest BCUT2D eigenvalue weighted by Crippen LogP contribution is -2.46. The number of nitrogens with two attached hydrogens (primary N) is 4. The molecule has 0 heterocycles. The molecule has 0 aromatic carbocycles. The van der Waals surface area contributed by atoms with E-state index in [4.69, 9.17) is 22.9 Å². The van der Waals surface area contributed by atoms with Crippen molar-refractivity contribution < 1.29 is 0 Å². The Kier molecular flexibility index (Phi) is 6.45. The molecule has 0 bridgehead atoms. The molecule has 8 N–H and O–H groups in total. The molecule has 4 nitrogen and oxygen atoms in total. The summed E-state index contributed by atoms with van der Waals surface area (Å²) in [7, 11) is 0. The first-order valence-electron chi connectivity index (χ1n) is 4.13. The maximum absolute atomic E-state index is 5.72. The second-order valence-electron chi connectivity index (χ2n) is 2.85. The average molecular weight is 160 g/mol. The number of hydrogen-bond donors (Lipinski definition) is 4. The molecule has 0 aromatic rings. The van der Waals surface area contributed by atoms with Gasteiger partial charge in [0.25, 0.3) is 0 Å². The van der Waals surface area contributed by atoms with Gasteiger partial charge in [-0.15, -0.1) is 0 Å². The Bertz CT molecular complexity index is 86.5. The highest BCUT2D eigenvalue weighted by atomic mass is 14.8. The van der Waals surface area contributed by atoms with Gasteiger partial charge in [-0.1, -0.05) is 6.42 Å². The van der Waals surface area contributed by atoms with E-state index in [0.717, 1.165) is 25.8 Å². The molecule has 0 aliphatic heterocycles. The molecule has 0 fully saturated rings. The topological polar surface area (TPSA) is 104 Å². The molecule has 0 amide bonds. The lowest BCUT2D eigenvalue weighted by molar-refractivity contribution is 0.481. The average Bonchev–Trinajstić information content (AvgIpc) is 2.03. The van der Waals surface area contributed by atoms with E-state index >= 15 is 0 Å². The third-order valence-corrected chi connectivity index (χ3v) is 1.81. The summed E-state index contributed by atoms with van der Waals surface area (Å²) in [6, 6.07) is -0.0284. The van der Waals surface area contributed by atoms with Crippen LogP contribution in [0.15, 0.2) is 0 Å². The second kappa shape index (κ2) is 6.54. The predicted molar refractivity (Wildman–Crippen MR) is 47.9 cm³/mol. The minimum atomic E-state index is -0.0622. The highest BCUT2D eigenvalue weighted by Crippen LogP contribution is 1.99. The van der Waals surface area contributed by atoms with Crippen molar-refractivity contribution in [1.29, 1.82) is 0 Å². The molecule has 68 valence electrons. The fourth-order valence-electron chi connectivity index (χ4n) is 0.913. The van der Waals surface area contributed by atoms with E-state index in [2.05, 4.69) is 0 Å². The molecule has 2 unspecified atom stereocenters. The zero-order valence-corrected chi connectivity index (χ0v) is 7.00. The third kappa shape index (κ3) is 5.15. The molecule has 0 spiro atoms. The molecule has 0 saturated heterocycles. The van der Waals surface area contributed by atoms with Crippen LogP contribution in [0.1, 0.15) is 19.3 Å². The maximum atomic E-state index is 5.72. The van der Waals surface area contributed by atoms with Crippen LogP contribution >= 0.6 is 0 Å². The van der Waals surface area contributed by atoms with Crippen molar-refractivity contribution in [2.45, 2.75) is 31.3 Å². The van der Waals surface area contributed by atoms with Gasteiger partial charge in [0.05, 0.1) is 0 Å². The number of unbranched alkanes of at least 4 members (excludes halogenated alkanes) is 1. The predicted octanol–water partition coefficient (Wildman–Crippen LogP) is -1.27. The van der Waals surface area contributed by atoms with Crippen LogP contribution in [0.5, 0.6) is 0 Å². The van der Waals surface area contributed by atoms with E-state index in [9.17, 15) is 0 Å². The van der Waals surface area contributed by atoms with Crippen LogP contribution in [-0.4, -0.2) is 25.2 Å². The quantitative estimate of drug-likeness (QED) is 0.364. The lowest BCUT2D eigenvalue weighted by Gasteiger charge is -2.17. The van der Waals surface area contributed by atoms with Gasteiger partial charge < -0.3 is 22.9 Å². The van der Waals surface area contributed by atoms with Crippen LogP contribution in [0, 0.1) is 0 Å². The standard InChI is InChI=1S/C7H20N4/c8-4-2-1-3-6(10)7(11)5-9/h6-7H,1-5,8-11H2. The van der Waals surface area contributed by atoms with Gasteiger partial charge in [0, 0.05) is 18.6 Å². The lowest BCUT2D eigenvalue weighted by atomic mass is 10.0. The van der Waals surface area contributed by atoms with Crippen molar-refractivity contribution in [3.8, 4) is 0 Å². The van der Waals surface area contributed by atoms with Crippen LogP contribution in [-0.2, 0) is 0 Å². The summed E-state index contributed by atoms with van der Waals surface area (Å²) in [5, 5.41) is 0. The van der Waals surface area contributed by atoms with Gasteiger partial charge in [0.2, 0.25) is 0 Å². The van der Waals surface area contributed by atoms with Gasteiger partial charge in [0.1, 0.15) is 0 Å². The molecule has 0 aliphatic carbocycles. The zero-order chi connectivity index (χ0) is 8.69. The Balaban J connectivity index is 3.28. The molecule has 0 rings (SSSR count). The van der Waals surface area contributed by atoms with Crippen LogP contribution in [0.25, 0.3) is 0 Å². The zero-order valence-electron chi connectivity index (χ0n) is 7.00. The highest BCUT2D eigenvalue weighted by Gasteiger charge is 2.09. The smallest absolute Gasteiger partial charge is 0.0317 e. The van der Waals surface area contributed by atoms with E-state index in [1.165, 1.54) is 0 Å². The van der Waals surface area contributed by atoms with E-state index in [-0.39, 0.29) is 12.1 Å². The molecule has 0 saturated carbocycles. The Morgan fingerprint density at radius 3 is 2.00 bits per heavy atom. The van der Waals surface area contributed by atoms with Crippen molar-refractivity contribution in [2.24, 2.45) is 22.9 Å². The van der Waals surface area contributed by atoms with Gasteiger partial charge in [0.15, 0.2) is 0 Å². The first-order chi connectivity index (χ1) is 5.22. The second-order valence-corrected chi connectivity index (χ2v) is 2.85. The first-order valence-corrected chi connectivity index (χ1v) is 4.13. The molecule has 2 atom stereocenters. The SMILES string of the molecule is NCCCCC(N)C(N)CN. The summed E-state index contributed by atoms with van der Waals surface area (Å²) >= 11 is 0. The van der Waals surface area contributed by atoms with Gasteiger partial charge in [-0.2, -0.15) is 0 Å². The molecule has 0 radical (unpaired) electrons. The third-order valence-electron chi connectivity index (χ3n) is 1.81. The van der Waals surface area contributed by atoms with Crippen LogP contribution in [0.2, 0.25) is 0 Å². The summed E-state index contributed by atoms with van der Waals surface area (Å²) in [4.78, 5) is 0. The van der Waals surface area contributed by atoms with Gasteiger partial charge in [-0.3, -0.25) is 0 Å². The first kappa shape index (κ1) is 10.8. The van der Waals surface area contributed by atoms with Crippen molar-refractivity contribution in [3.05, 3.63) is 0 Å². The molecule has 0 aliphatic rings. The summed E-state index contributed by atoms with van der Waals surface area (Å²) in [6.07, 6.45) is 2.99. The Morgan fingerprint density at radius 2 is 1.55 bits per heavy atom.